The Morgan fingerprint density at radius 1 is 1.00 bits per heavy atom. The van der Waals surface area contributed by atoms with Crippen molar-refractivity contribution in [1.29, 1.82) is 0 Å². The Bertz CT molecular complexity index is 1310. The van der Waals surface area contributed by atoms with Crippen LogP contribution in [0.2, 0.25) is 10.0 Å². The maximum absolute atomic E-state index is 12.9. The molecular weight excluding hydrogens is 625 g/mol. The lowest BCUT2D eigenvalue weighted by atomic mass is 10.1. The predicted octanol–water partition coefficient (Wildman–Crippen LogP) is 8.64. The highest BCUT2D eigenvalue weighted by molar-refractivity contribution is 9.11. The molecule has 1 heterocycles. The van der Waals surface area contributed by atoms with Crippen LogP contribution in [0.5, 0.6) is 5.75 Å². The van der Waals surface area contributed by atoms with Gasteiger partial charge >= 0.3 is 0 Å². The van der Waals surface area contributed by atoms with E-state index in [0.29, 0.717) is 29.6 Å². The number of benzene rings is 3. The van der Waals surface area contributed by atoms with Crippen molar-refractivity contribution in [3.63, 3.8) is 0 Å². The summed E-state index contributed by atoms with van der Waals surface area (Å²) in [5.74, 6) is 0.291. The van der Waals surface area contributed by atoms with Gasteiger partial charge in [-0.15, -0.1) is 0 Å². The third-order valence-corrected chi connectivity index (χ3v) is 7.84. The van der Waals surface area contributed by atoms with Crippen molar-refractivity contribution in [1.82, 2.24) is 4.90 Å². The summed E-state index contributed by atoms with van der Waals surface area (Å²) < 4.78 is 7.34. The summed E-state index contributed by atoms with van der Waals surface area (Å²) in [7, 11) is 0. The van der Waals surface area contributed by atoms with Crippen LogP contribution in [-0.4, -0.2) is 16.0 Å². The van der Waals surface area contributed by atoms with E-state index < -0.39 is 0 Å². The van der Waals surface area contributed by atoms with Crippen LogP contribution in [0.25, 0.3) is 6.08 Å². The van der Waals surface area contributed by atoms with Gasteiger partial charge in [-0.25, -0.2) is 0 Å². The molecule has 0 N–H and O–H groups in total. The summed E-state index contributed by atoms with van der Waals surface area (Å²) in [5, 5.41) is 0.805. The van der Waals surface area contributed by atoms with E-state index in [1.54, 1.807) is 18.2 Å². The molecule has 1 aliphatic heterocycles. The standard InChI is InChI=1S/C25H17Br2Cl2NO3S/c1-14-4-2-3-5-16(14)12-30-24(31)22(34-25(30)32)10-15-8-19(26)23(20(27)9-15)33-13-17-6-7-18(28)11-21(17)29/h2-11H,12-13H2,1H3/b22-10-. The maximum Gasteiger partial charge on any atom is 0.293 e. The minimum atomic E-state index is -0.303. The number of halogens is 4. The SMILES string of the molecule is Cc1ccccc1CN1C(=O)S/C(=C\c2cc(Br)c(OCc3ccc(Cl)cc3Cl)c(Br)c2)C1=O. The minimum Gasteiger partial charge on any atom is -0.486 e. The molecule has 0 aliphatic carbocycles. The van der Waals surface area contributed by atoms with Gasteiger partial charge in [0.05, 0.1) is 20.4 Å². The molecule has 0 atom stereocenters. The second-order valence-corrected chi connectivity index (χ2v) is 11.1. The van der Waals surface area contributed by atoms with Crippen LogP contribution in [0.3, 0.4) is 0 Å². The second-order valence-electron chi connectivity index (χ2n) is 7.53. The lowest BCUT2D eigenvalue weighted by Crippen LogP contribution is -2.27. The number of hydrogen-bond donors (Lipinski definition) is 0. The summed E-state index contributed by atoms with van der Waals surface area (Å²) in [4.78, 5) is 27.1. The van der Waals surface area contributed by atoms with E-state index in [1.165, 1.54) is 4.90 Å². The fourth-order valence-corrected chi connectivity index (χ4v) is 6.09. The second kappa shape index (κ2) is 10.9. The summed E-state index contributed by atoms with van der Waals surface area (Å²) in [5.41, 5.74) is 3.53. The van der Waals surface area contributed by atoms with Gasteiger partial charge in [0.15, 0.2) is 0 Å². The van der Waals surface area contributed by atoms with Gasteiger partial charge in [-0.3, -0.25) is 14.5 Å². The molecule has 0 radical (unpaired) electrons. The van der Waals surface area contributed by atoms with Crippen molar-refractivity contribution in [3.05, 3.63) is 101 Å². The highest BCUT2D eigenvalue weighted by Gasteiger charge is 2.35. The Balaban J connectivity index is 1.51. The highest BCUT2D eigenvalue weighted by Crippen LogP contribution is 2.39. The normalized spacial score (nSPS) is 14.9. The van der Waals surface area contributed by atoms with Gasteiger partial charge in [-0.05, 0) is 97.6 Å². The Labute approximate surface area is 228 Å². The number of hydrogen-bond acceptors (Lipinski definition) is 4. The van der Waals surface area contributed by atoms with Crippen LogP contribution >= 0.6 is 66.8 Å². The van der Waals surface area contributed by atoms with Gasteiger partial charge in [-0.1, -0.05) is 53.5 Å². The van der Waals surface area contributed by atoms with Crippen molar-refractivity contribution in [2.45, 2.75) is 20.1 Å². The van der Waals surface area contributed by atoms with E-state index in [-0.39, 0.29) is 24.3 Å². The molecule has 0 saturated carbocycles. The number of carbonyl (C=O) groups excluding carboxylic acids is 2. The molecule has 2 amide bonds. The molecule has 1 saturated heterocycles. The molecule has 0 aromatic heterocycles. The first-order chi connectivity index (χ1) is 16.2. The molecule has 174 valence electrons. The largest absolute Gasteiger partial charge is 0.486 e. The molecule has 34 heavy (non-hydrogen) atoms. The van der Waals surface area contributed by atoms with E-state index >= 15 is 0 Å². The van der Waals surface area contributed by atoms with Crippen LogP contribution in [0.4, 0.5) is 4.79 Å². The molecule has 3 aromatic rings. The first-order valence-corrected chi connectivity index (χ1v) is 13.2. The third kappa shape index (κ3) is 5.71. The summed E-state index contributed by atoms with van der Waals surface area (Å²) in [6.07, 6.45) is 1.71. The van der Waals surface area contributed by atoms with E-state index in [2.05, 4.69) is 31.9 Å². The number of aryl methyl sites for hydroxylation is 1. The van der Waals surface area contributed by atoms with Crippen LogP contribution in [0.1, 0.15) is 22.3 Å². The van der Waals surface area contributed by atoms with Gasteiger partial charge in [0, 0.05) is 15.6 Å². The van der Waals surface area contributed by atoms with Crippen LogP contribution in [-0.2, 0) is 17.9 Å². The average molecular weight is 642 g/mol. The van der Waals surface area contributed by atoms with Crippen molar-refractivity contribution in [2.75, 3.05) is 0 Å². The molecule has 4 nitrogen and oxygen atoms in total. The number of nitrogens with zero attached hydrogens (tertiary/aromatic N) is 1. The predicted molar refractivity (Wildman–Crippen MR) is 145 cm³/mol. The fourth-order valence-electron chi connectivity index (χ4n) is 3.33. The first kappa shape index (κ1) is 25.3. The maximum atomic E-state index is 12.9. The molecule has 1 fully saturated rings. The van der Waals surface area contributed by atoms with E-state index in [1.807, 2.05) is 49.4 Å². The molecule has 4 rings (SSSR count). The molecule has 9 heteroatoms. The number of rotatable bonds is 6. The topological polar surface area (TPSA) is 46.6 Å². The zero-order chi connectivity index (χ0) is 24.4. The van der Waals surface area contributed by atoms with E-state index in [4.69, 9.17) is 27.9 Å². The highest BCUT2D eigenvalue weighted by atomic mass is 79.9. The zero-order valence-electron chi connectivity index (χ0n) is 17.8. The Morgan fingerprint density at radius 2 is 1.71 bits per heavy atom. The van der Waals surface area contributed by atoms with Crippen molar-refractivity contribution in [3.8, 4) is 5.75 Å². The monoisotopic (exact) mass is 639 g/mol. The molecular formula is C25H17Br2Cl2NO3S. The van der Waals surface area contributed by atoms with Gasteiger partial charge in [0.1, 0.15) is 12.4 Å². The third-order valence-electron chi connectivity index (χ3n) is 5.17. The Kier molecular flexibility index (Phi) is 8.10. The summed E-state index contributed by atoms with van der Waals surface area (Å²) in [6.45, 7) is 2.47. The van der Waals surface area contributed by atoms with Gasteiger partial charge < -0.3 is 4.74 Å². The number of thioether (sulfide) groups is 1. The number of carbonyl (C=O) groups is 2. The average Bonchev–Trinajstić information content (AvgIpc) is 3.03. The number of imide groups is 1. The van der Waals surface area contributed by atoms with Crippen LogP contribution < -0.4 is 4.74 Å². The van der Waals surface area contributed by atoms with Gasteiger partial charge in [-0.2, -0.15) is 0 Å². The smallest absolute Gasteiger partial charge is 0.293 e. The number of ether oxygens (including phenoxy) is 1. The van der Waals surface area contributed by atoms with Gasteiger partial charge in [0.2, 0.25) is 0 Å². The lowest BCUT2D eigenvalue weighted by Gasteiger charge is -2.14. The molecule has 3 aromatic carbocycles. The van der Waals surface area contributed by atoms with Crippen molar-refractivity contribution in [2.24, 2.45) is 0 Å². The van der Waals surface area contributed by atoms with E-state index in [9.17, 15) is 9.59 Å². The van der Waals surface area contributed by atoms with Crippen molar-refractivity contribution < 1.29 is 14.3 Å². The molecule has 0 bridgehead atoms. The van der Waals surface area contributed by atoms with Crippen LogP contribution in [0, 0.1) is 6.92 Å². The fraction of sp³-hybridized carbons (Fsp3) is 0.120. The van der Waals surface area contributed by atoms with Crippen LogP contribution in [0.15, 0.2) is 68.4 Å². The van der Waals surface area contributed by atoms with Gasteiger partial charge in [0.25, 0.3) is 11.1 Å². The summed E-state index contributed by atoms with van der Waals surface area (Å²) in [6, 6.07) is 16.6. The Morgan fingerprint density at radius 3 is 2.38 bits per heavy atom. The Hall–Kier alpha value is -1.77. The summed E-state index contributed by atoms with van der Waals surface area (Å²) >= 11 is 20.2. The molecule has 0 unspecified atom stereocenters. The minimum absolute atomic E-state index is 0.252. The van der Waals surface area contributed by atoms with E-state index in [0.717, 1.165) is 34.0 Å². The number of amides is 2. The zero-order valence-corrected chi connectivity index (χ0v) is 23.3. The lowest BCUT2D eigenvalue weighted by molar-refractivity contribution is -0.123. The first-order valence-electron chi connectivity index (χ1n) is 10.1. The molecule has 0 spiro atoms. The molecule has 1 aliphatic rings. The van der Waals surface area contributed by atoms with Crippen molar-refractivity contribution >= 4 is 84.0 Å². The quantitative estimate of drug-likeness (QED) is 0.253.